The Bertz CT molecular complexity index is 766. The normalized spacial score (nSPS) is 16.7. The number of furan rings is 1. The molecule has 2 heterocycles. The number of halogens is 1. The molecule has 1 saturated heterocycles. The van der Waals surface area contributed by atoms with Crippen molar-refractivity contribution in [1.82, 2.24) is 15.1 Å². The molecular weight excluding hydrogens is 491 g/mol. The summed E-state index contributed by atoms with van der Waals surface area (Å²) in [5.74, 6) is 2.55. The van der Waals surface area contributed by atoms with E-state index in [9.17, 15) is 0 Å². The van der Waals surface area contributed by atoms with Gasteiger partial charge in [-0.1, -0.05) is 24.3 Å². The van der Waals surface area contributed by atoms with E-state index >= 15 is 0 Å². The van der Waals surface area contributed by atoms with Crippen LogP contribution in [-0.4, -0.2) is 56.2 Å². The van der Waals surface area contributed by atoms with E-state index in [1.165, 1.54) is 11.1 Å². The van der Waals surface area contributed by atoms with Gasteiger partial charge in [-0.15, -0.1) is 24.0 Å². The van der Waals surface area contributed by atoms with Crippen LogP contribution in [0.2, 0.25) is 0 Å². The van der Waals surface area contributed by atoms with E-state index in [0.29, 0.717) is 5.92 Å². The lowest BCUT2D eigenvalue weighted by Gasteiger charge is -2.23. The maximum Gasteiger partial charge on any atom is 0.193 e. The van der Waals surface area contributed by atoms with Crippen molar-refractivity contribution in [3.05, 3.63) is 59.5 Å². The fourth-order valence-corrected chi connectivity index (χ4v) is 3.85. The SMILES string of the molecule is CCOCC1CCN(C(=NC)NCc2ccccc2CN(C)Cc2ccco2)C1.I. The van der Waals surface area contributed by atoms with Crippen LogP contribution in [0.5, 0.6) is 0 Å². The molecule has 2 aromatic rings. The first kappa shape index (κ1) is 24.7. The van der Waals surface area contributed by atoms with E-state index < -0.39 is 0 Å². The Morgan fingerprint density at radius 2 is 2.03 bits per heavy atom. The van der Waals surface area contributed by atoms with Gasteiger partial charge in [0.1, 0.15) is 5.76 Å². The van der Waals surface area contributed by atoms with Crippen molar-refractivity contribution in [3.63, 3.8) is 0 Å². The largest absolute Gasteiger partial charge is 0.468 e. The Hall–Kier alpha value is -1.58. The van der Waals surface area contributed by atoms with Crippen LogP contribution in [0, 0.1) is 5.92 Å². The van der Waals surface area contributed by atoms with Crippen LogP contribution in [0.1, 0.15) is 30.2 Å². The van der Waals surface area contributed by atoms with Crippen LogP contribution in [0.25, 0.3) is 0 Å². The summed E-state index contributed by atoms with van der Waals surface area (Å²) in [6.45, 7) is 8.16. The fraction of sp³-hybridized carbons (Fsp3) is 0.522. The van der Waals surface area contributed by atoms with Gasteiger partial charge in [0.25, 0.3) is 0 Å². The zero-order valence-corrected chi connectivity index (χ0v) is 20.7. The summed E-state index contributed by atoms with van der Waals surface area (Å²) in [5, 5.41) is 3.56. The lowest BCUT2D eigenvalue weighted by atomic mass is 10.1. The van der Waals surface area contributed by atoms with Gasteiger partial charge in [0.15, 0.2) is 5.96 Å². The Balaban J connectivity index is 0.00000320. The van der Waals surface area contributed by atoms with Crippen molar-refractivity contribution in [2.24, 2.45) is 10.9 Å². The van der Waals surface area contributed by atoms with Gasteiger partial charge in [-0.3, -0.25) is 9.89 Å². The third kappa shape index (κ3) is 7.28. The highest BCUT2D eigenvalue weighted by Gasteiger charge is 2.24. The monoisotopic (exact) mass is 526 g/mol. The first-order valence-electron chi connectivity index (χ1n) is 10.5. The molecule has 3 rings (SSSR count). The number of rotatable bonds is 9. The van der Waals surface area contributed by atoms with Gasteiger partial charge in [-0.25, -0.2) is 0 Å². The maximum absolute atomic E-state index is 5.60. The third-order valence-electron chi connectivity index (χ3n) is 5.36. The first-order chi connectivity index (χ1) is 14.2. The molecule has 6 nitrogen and oxygen atoms in total. The first-order valence-corrected chi connectivity index (χ1v) is 10.5. The van der Waals surface area contributed by atoms with Crippen LogP contribution in [0.3, 0.4) is 0 Å². The number of likely N-dealkylation sites (tertiary alicyclic amines) is 1. The zero-order valence-electron chi connectivity index (χ0n) is 18.3. The summed E-state index contributed by atoms with van der Waals surface area (Å²) in [6.07, 6.45) is 2.89. The maximum atomic E-state index is 5.60. The highest BCUT2D eigenvalue weighted by molar-refractivity contribution is 14.0. The molecule has 166 valence electrons. The molecule has 1 N–H and O–H groups in total. The molecule has 0 saturated carbocycles. The van der Waals surface area contributed by atoms with Gasteiger partial charge in [-0.2, -0.15) is 0 Å². The number of benzene rings is 1. The van der Waals surface area contributed by atoms with E-state index in [1.807, 2.05) is 19.2 Å². The summed E-state index contributed by atoms with van der Waals surface area (Å²) in [7, 11) is 3.98. The number of hydrogen-bond acceptors (Lipinski definition) is 4. The Kier molecular flexibility index (Phi) is 10.7. The minimum absolute atomic E-state index is 0. The Morgan fingerprint density at radius 3 is 2.73 bits per heavy atom. The molecule has 30 heavy (non-hydrogen) atoms. The number of guanidine groups is 1. The quantitative estimate of drug-likeness (QED) is 0.305. The molecule has 1 aromatic carbocycles. The number of hydrogen-bond donors (Lipinski definition) is 1. The molecule has 0 radical (unpaired) electrons. The summed E-state index contributed by atoms with van der Waals surface area (Å²) < 4.78 is 11.1. The molecule has 1 atom stereocenters. The van der Waals surface area contributed by atoms with Gasteiger partial charge in [0, 0.05) is 45.8 Å². The number of ether oxygens (including phenoxy) is 1. The standard InChI is InChI=1S/C23H34N4O2.HI/c1-4-28-18-19-11-12-27(15-19)23(24-2)25-14-20-8-5-6-9-21(20)16-26(3)17-22-10-7-13-29-22;/h5-10,13,19H,4,11-12,14-18H2,1-3H3,(H,24,25);1H. The second-order valence-electron chi connectivity index (χ2n) is 7.68. The van der Waals surface area contributed by atoms with Crippen LogP contribution in [0.15, 0.2) is 52.1 Å². The highest BCUT2D eigenvalue weighted by Crippen LogP contribution is 2.17. The number of aliphatic imine (C=N–C) groups is 1. The van der Waals surface area contributed by atoms with E-state index in [0.717, 1.165) is 64.1 Å². The molecule has 0 aliphatic carbocycles. The molecule has 1 aliphatic heterocycles. The fourth-order valence-electron chi connectivity index (χ4n) is 3.85. The van der Waals surface area contributed by atoms with Crippen molar-refractivity contribution in [2.75, 3.05) is 40.4 Å². The number of nitrogens with zero attached hydrogens (tertiary/aromatic N) is 3. The second kappa shape index (κ2) is 13.0. The lowest BCUT2D eigenvalue weighted by molar-refractivity contribution is 0.114. The second-order valence-corrected chi connectivity index (χ2v) is 7.68. The topological polar surface area (TPSA) is 53.2 Å². The van der Waals surface area contributed by atoms with E-state index in [1.54, 1.807) is 6.26 Å². The Labute approximate surface area is 197 Å². The minimum atomic E-state index is 0. The zero-order chi connectivity index (χ0) is 20.5. The van der Waals surface area contributed by atoms with E-state index in [-0.39, 0.29) is 24.0 Å². The molecule has 0 bridgehead atoms. The molecule has 1 unspecified atom stereocenters. The third-order valence-corrected chi connectivity index (χ3v) is 5.36. The molecule has 0 spiro atoms. The lowest BCUT2D eigenvalue weighted by Crippen LogP contribution is -2.40. The summed E-state index contributed by atoms with van der Waals surface area (Å²) >= 11 is 0. The average molecular weight is 526 g/mol. The molecule has 1 aromatic heterocycles. The average Bonchev–Trinajstić information content (AvgIpc) is 3.40. The van der Waals surface area contributed by atoms with Gasteiger partial charge in [0.2, 0.25) is 0 Å². The van der Waals surface area contributed by atoms with Crippen molar-refractivity contribution in [2.45, 2.75) is 33.0 Å². The summed E-state index contributed by atoms with van der Waals surface area (Å²) in [6, 6.07) is 12.5. The molecule has 1 fully saturated rings. The molecule has 0 amide bonds. The summed E-state index contributed by atoms with van der Waals surface area (Å²) in [5.41, 5.74) is 2.62. The number of nitrogens with one attached hydrogen (secondary N) is 1. The van der Waals surface area contributed by atoms with Gasteiger partial charge in [-0.05, 0) is 43.7 Å². The smallest absolute Gasteiger partial charge is 0.193 e. The summed E-state index contributed by atoms with van der Waals surface area (Å²) in [4.78, 5) is 9.12. The van der Waals surface area contributed by atoms with Crippen molar-refractivity contribution in [1.29, 1.82) is 0 Å². The van der Waals surface area contributed by atoms with E-state index in [2.05, 4.69) is 58.3 Å². The molecule has 7 heteroatoms. The highest BCUT2D eigenvalue weighted by atomic mass is 127. The van der Waals surface area contributed by atoms with Gasteiger partial charge < -0.3 is 19.4 Å². The van der Waals surface area contributed by atoms with Crippen molar-refractivity contribution in [3.8, 4) is 0 Å². The van der Waals surface area contributed by atoms with Crippen molar-refractivity contribution >= 4 is 29.9 Å². The van der Waals surface area contributed by atoms with Crippen LogP contribution in [-0.2, 0) is 24.4 Å². The van der Waals surface area contributed by atoms with Crippen LogP contribution >= 0.6 is 24.0 Å². The molecular formula is C23H35IN4O2. The van der Waals surface area contributed by atoms with Gasteiger partial charge >= 0.3 is 0 Å². The Morgan fingerprint density at radius 1 is 1.23 bits per heavy atom. The predicted molar refractivity (Wildman–Crippen MR) is 132 cm³/mol. The minimum Gasteiger partial charge on any atom is -0.468 e. The predicted octanol–water partition coefficient (Wildman–Crippen LogP) is 3.96. The van der Waals surface area contributed by atoms with Gasteiger partial charge in [0.05, 0.1) is 19.4 Å². The van der Waals surface area contributed by atoms with Crippen molar-refractivity contribution < 1.29 is 9.15 Å². The van der Waals surface area contributed by atoms with Crippen LogP contribution < -0.4 is 5.32 Å². The van der Waals surface area contributed by atoms with Crippen LogP contribution in [0.4, 0.5) is 0 Å². The van der Waals surface area contributed by atoms with E-state index in [4.69, 9.17) is 9.15 Å². The molecule has 1 aliphatic rings.